The molecule has 1 heterocycles. The fourth-order valence-electron chi connectivity index (χ4n) is 2.41. The number of nitrogens with one attached hydrogen (secondary N) is 1. The Hall–Kier alpha value is -2.57. The average molecular weight is 281 g/mol. The van der Waals surface area contributed by atoms with Gasteiger partial charge >= 0.3 is 0 Å². The summed E-state index contributed by atoms with van der Waals surface area (Å²) in [6.45, 7) is 0. The van der Waals surface area contributed by atoms with Crippen LogP contribution in [0.3, 0.4) is 0 Å². The molecule has 0 aliphatic carbocycles. The predicted octanol–water partition coefficient (Wildman–Crippen LogP) is 1.14. The minimum Gasteiger partial charge on any atom is -0.382 e. The van der Waals surface area contributed by atoms with E-state index in [-0.39, 0.29) is 5.82 Å². The van der Waals surface area contributed by atoms with Crippen molar-refractivity contribution in [3.8, 4) is 0 Å². The first-order valence-corrected chi connectivity index (χ1v) is 6.54. The summed E-state index contributed by atoms with van der Waals surface area (Å²) in [5, 5.41) is 24.1. The van der Waals surface area contributed by atoms with Crippen LogP contribution >= 0.6 is 0 Å². The number of aromatic amines is 1. The van der Waals surface area contributed by atoms with Crippen LogP contribution < -0.4 is 5.73 Å². The number of aromatic nitrogens is 4. The lowest BCUT2D eigenvalue weighted by Gasteiger charge is -2.34. The van der Waals surface area contributed by atoms with Crippen molar-refractivity contribution < 1.29 is 5.11 Å². The van der Waals surface area contributed by atoms with Gasteiger partial charge in [-0.15, -0.1) is 5.10 Å². The van der Waals surface area contributed by atoms with Gasteiger partial charge in [0.15, 0.2) is 5.82 Å². The van der Waals surface area contributed by atoms with Gasteiger partial charge in [0.2, 0.25) is 0 Å². The molecule has 0 saturated carbocycles. The first-order valence-electron chi connectivity index (χ1n) is 6.54. The summed E-state index contributed by atoms with van der Waals surface area (Å²) in [5.41, 5.74) is 7.02. The molecule has 3 rings (SSSR count). The minimum atomic E-state index is -1.15. The Morgan fingerprint density at radius 2 is 1.48 bits per heavy atom. The quantitative estimate of drug-likeness (QED) is 0.665. The summed E-state index contributed by atoms with van der Waals surface area (Å²) in [6, 6.07) is 18.8. The highest BCUT2D eigenvalue weighted by atomic mass is 16.3. The Labute approximate surface area is 121 Å². The summed E-state index contributed by atoms with van der Waals surface area (Å²) in [4.78, 5) is 0. The maximum atomic E-state index is 10.7. The molecule has 2 aromatic carbocycles. The molecule has 6 heteroatoms. The van der Waals surface area contributed by atoms with E-state index in [1.807, 2.05) is 60.7 Å². The lowest BCUT2D eigenvalue weighted by molar-refractivity contribution is 0.0965. The highest BCUT2D eigenvalue weighted by Crippen LogP contribution is 2.37. The van der Waals surface area contributed by atoms with Crippen molar-refractivity contribution >= 4 is 0 Å². The molecular formula is C15H15N5O. The molecule has 106 valence electrons. The van der Waals surface area contributed by atoms with Crippen molar-refractivity contribution in [3.63, 3.8) is 0 Å². The van der Waals surface area contributed by atoms with Gasteiger partial charge in [0.1, 0.15) is 11.6 Å². The van der Waals surface area contributed by atoms with Crippen molar-refractivity contribution in [2.75, 3.05) is 0 Å². The zero-order valence-corrected chi connectivity index (χ0v) is 11.2. The third-order valence-corrected chi connectivity index (χ3v) is 3.55. The molecule has 3 aromatic rings. The molecule has 4 N–H and O–H groups in total. The van der Waals surface area contributed by atoms with E-state index in [9.17, 15) is 5.11 Å². The largest absolute Gasteiger partial charge is 0.382 e. The third-order valence-electron chi connectivity index (χ3n) is 3.55. The van der Waals surface area contributed by atoms with Crippen LogP contribution in [0.15, 0.2) is 60.7 Å². The first kappa shape index (κ1) is 13.4. The van der Waals surface area contributed by atoms with E-state index < -0.39 is 11.6 Å². The van der Waals surface area contributed by atoms with Gasteiger partial charge in [0, 0.05) is 0 Å². The minimum absolute atomic E-state index is 0.227. The topological polar surface area (TPSA) is 101 Å². The maximum absolute atomic E-state index is 10.7. The van der Waals surface area contributed by atoms with Gasteiger partial charge in [0.05, 0.1) is 0 Å². The van der Waals surface area contributed by atoms with Crippen molar-refractivity contribution in [1.82, 2.24) is 20.6 Å². The van der Waals surface area contributed by atoms with Gasteiger partial charge < -0.3 is 10.8 Å². The number of aliphatic hydroxyl groups is 1. The predicted molar refractivity (Wildman–Crippen MR) is 77.0 cm³/mol. The number of aliphatic hydroxyl groups excluding tert-OH is 1. The van der Waals surface area contributed by atoms with Crippen LogP contribution in [0.5, 0.6) is 0 Å². The number of benzene rings is 2. The Morgan fingerprint density at radius 3 is 1.90 bits per heavy atom. The molecule has 1 atom stereocenters. The standard InChI is InChI=1S/C15H15N5O/c16-15(11-7-3-1-4-8-11,12-9-5-2-6-10-12)13(21)14-17-19-20-18-14/h1-10,13,21H,16H2,(H,17,18,19,20). The van der Waals surface area contributed by atoms with E-state index in [1.165, 1.54) is 0 Å². The molecule has 0 aliphatic rings. The summed E-state index contributed by atoms with van der Waals surface area (Å²) in [7, 11) is 0. The van der Waals surface area contributed by atoms with E-state index in [2.05, 4.69) is 20.6 Å². The monoisotopic (exact) mass is 281 g/mol. The highest BCUT2D eigenvalue weighted by Gasteiger charge is 2.40. The summed E-state index contributed by atoms with van der Waals surface area (Å²) >= 11 is 0. The van der Waals surface area contributed by atoms with E-state index in [0.717, 1.165) is 11.1 Å². The second kappa shape index (κ2) is 5.43. The fourth-order valence-corrected chi connectivity index (χ4v) is 2.41. The van der Waals surface area contributed by atoms with Crippen molar-refractivity contribution in [3.05, 3.63) is 77.6 Å². The molecule has 21 heavy (non-hydrogen) atoms. The van der Waals surface area contributed by atoms with Crippen LogP contribution in [-0.4, -0.2) is 25.7 Å². The molecule has 6 nitrogen and oxygen atoms in total. The maximum Gasteiger partial charge on any atom is 0.180 e. The molecule has 0 bridgehead atoms. The third kappa shape index (κ3) is 2.31. The molecule has 0 radical (unpaired) electrons. The Bertz CT molecular complexity index is 645. The molecule has 1 aromatic heterocycles. The normalized spacial score (nSPS) is 13.0. The summed E-state index contributed by atoms with van der Waals surface area (Å²) < 4.78 is 0. The van der Waals surface area contributed by atoms with Crippen molar-refractivity contribution in [2.45, 2.75) is 11.6 Å². The second-order valence-corrected chi connectivity index (χ2v) is 4.79. The van der Waals surface area contributed by atoms with E-state index in [0.29, 0.717) is 0 Å². The van der Waals surface area contributed by atoms with Gasteiger partial charge in [-0.3, -0.25) is 0 Å². The zero-order chi connectivity index (χ0) is 14.7. The van der Waals surface area contributed by atoms with Gasteiger partial charge in [-0.25, -0.2) is 5.10 Å². The highest BCUT2D eigenvalue weighted by molar-refractivity contribution is 5.40. The van der Waals surface area contributed by atoms with Crippen LogP contribution in [0.4, 0.5) is 0 Å². The fraction of sp³-hybridized carbons (Fsp3) is 0.133. The van der Waals surface area contributed by atoms with Crippen LogP contribution in [0, 0.1) is 0 Å². The molecule has 0 amide bonds. The first-order chi connectivity index (χ1) is 10.2. The van der Waals surface area contributed by atoms with E-state index in [1.54, 1.807) is 0 Å². The van der Waals surface area contributed by atoms with Crippen LogP contribution in [0.25, 0.3) is 0 Å². The number of nitrogens with zero attached hydrogens (tertiary/aromatic N) is 3. The second-order valence-electron chi connectivity index (χ2n) is 4.79. The zero-order valence-electron chi connectivity index (χ0n) is 11.2. The van der Waals surface area contributed by atoms with Crippen molar-refractivity contribution in [2.24, 2.45) is 5.73 Å². The summed E-state index contributed by atoms with van der Waals surface area (Å²) in [5.74, 6) is 0.227. The van der Waals surface area contributed by atoms with Gasteiger partial charge in [-0.2, -0.15) is 0 Å². The number of rotatable bonds is 4. The number of hydrogen-bond acceptors (Lipinski definition) is 5. The lowest BCUT2D eigenvalue weighted by atomic mass is 9.79. The van der Waals surface area contributed by atoms with Crippen molar-refractivity contribution in [1.29, 1.82) is 0 Å². The smallest absolute Gasteiger partial charge is 0.180 e. The van der Waals surface area contributed by atoms with Crippen LogP contribution in [-0.2, 0) is 5.54 Å². The molecular weight excluding hydrogens is 266 g/mol. The Balaban J connectivity index is 2.16. The molecule has 0 saturated heterocycles. The van der Waals surface area contributed by atoms with E-state index in [4.69, 9.17) is 5.73 Å². The Kier molecular flexibility index (Phi) is 3.47. The van der Waals surface area contributed by atoms with Crippen LogP contribution in [0.1, 0.15) is 23.1 Å². The number of nitrogens with two attached hydrogens (primary N) is 1. The molecule has 1 unspecified atom stereocenters. The van der Waals surface area contributed by atoms with Gasteiger partial charge in [-0.1, -0.05) is 60.7 Å². The number of hydrogen-bond donors (Lipinski definition) is 3. The van der Waals surface area contributed by atoms with Gasteiger partial charge in [-0.05, 0) is 21.6 Å². The molecule has 0 fully saturated rings. The average Bonchev–Trinajstić information content (AvgIpc) is 3.09. The lowest BCUT2D eigenvalue weighted by Crippen LogP contribution is -2.44. The summed E-state index contributed by atoms with van der Waals surface area (Å²) in [6.07, 6.45) is -1.10. The molecule has 0 aliphatic heterocycles. The molecule has 0 spiro atoms. The SMILES string of the molecule is NC(c1ccccc1)(c1ccccc1)C(O)c1nnn[nH]1. The number of H-pyrrole nitrogens is 1. The Morgan fingerprint density at radius 1 is 0.952 bits per heavy atom. The van der Waals surface area contributed by atoms with E-state index >= 15 is 0 Å². The number of tetrazole rings is 1. The van der Waals surface area contributed by atoms with Crippen LogP contribution in [0.2, 0.25) is 0 Å². The van der Waals surface area contributed by atoms with Gasteiger partial charge in [0.25, 0.3) is 0 Å².